The molecule has 0 spiro atoms. The van der Waals surface area contributed by atoms with Crippen LogP contribution >= 0.6 is 0 Å². The highest BCUT2D eigenvalue weighted by Crippen LogP contribution is 2.37. The highest BCUT2D eigenvalue weighted by atomic mass is 14.7. The zero-order valence-electron chi connectivity index (χ0n) is 9.01. The summed E-state index contributed by atoms with van der Waals surface area (Å²) in [6.07, 6.45) is 3.69. The lowest BCUT2D eigenvalue weighted by molar-refractivity contribution is 0.189. The van der Waals surface area contributed by atoms with E-state index in [9.17, 15) is 0 Å². The molecule has 0 aromatic carbocycles. The Labute approximate surface area is 81.4 Å². The number of nitrogens with two attached hydrogens (primary N) is 1. The van der Waals surface area contributed by atoms with Crippen LogP contribution in [-0.4, -0.2) is 5.84 Å². The van der Waals surface area contributed by atoms with E-state index < -0.39 is 0 Å². The first kappa shape index (κ1) is 10.6. The Morgan fingerprint density at radius 2 is 2.00 bits per heavy atom. The van der Waals surface area contributed by atoms with Gasteiger partial charge in [0.2, 0.25) is 0 Å². The minimum absolute atomic E-state index is 0.351. The van der Waals surface area contributed by atoms with E-state index in [4.69, 9.17) is 11.1 Å². The molecule has 3 N–H and O–H groups in total. The average molecular weight is 182 g/mol. The van der Waals surface area contributed by atoms with Crippen molar-refractivity contribution in [2.45, 2.75) is 40.0 Å². The summed E-state index contributed by atoms with van der Waals surface area (Å²) in [6.45, 7) is 6.76. The standard InChI is InChI=1S/C11H22N2/c1-7(2)9-5-4-8(3)6-10(9)11(12)13/h7-10H,4-6H2,1-3H3,(H3,12,13). The van der Waals surface area contributed by atoms with E-state index in [-0.39, 0.29) is 0 Å². The number of nitrogens with one attached hydrogen (secondary N) is 1. The van der Waals surface area contributed by atoms with Crippen LogP contribution in [0.1, 0.15) is 40.0 Å². The predicted molar refractivity (Wildman–Crippen MR) is 56.7 cm³/mol. The Morgan fingerprint density at radius 3 is 2.46 bits per heavy atom. The van der Waals surface area contributed by atoms with Crippen molar-refractivity contribution in [3.63, 3.8) is 0 Å². The maximum atomic E-state index is 7.58. The molecule has 0 heterocycles. The Bertz CT molecular complexity index is 187. The van der Waals surface area contributed by atoms with E-state index in [1.54, 1.807) is 0 Å². The molecule has 1 fully saturated rings. The SMILES string of the molecule is CC1CCC(C(C)C)C(C(=N)N)C1. The summed E-state index contributed by atoms with van der Waals surface area (Å²) < 4.78 is 0. The number of rotatable bonds is 2. The van der Waals surface area contributed by atoms with Crippen LogP contribution in [-0.2, 0) is 0 Å². The molecular weight excluding hydrogens is 160 g/mol. The van der Waals surface area contributed by atoms with E-state index in [0.29, 0.717) is 23.6 Å². The second kappa shape index (κ2) is 4.12. The third kappa shape index (κ3) is 2.45. The monoisotopic (exact) mass is 182 g/mol. The van der Waals surface area contributed by atoms with Gasteiger partial charge in [0.15, 0.2) is 0 Å². The lowest BCUT2D eigenvalue weighted by Crippen LogP contribution is -2.36. The molecule has 3 atom stereocenters. The van der Waals surface area contributed by atoms with E-state index >= 15 is 0 Å². The molecule has 0 bridgehead atoms. The molecule has 13 heavy (non-hydrogen) atoms. The molecule has 0 aliphatic heterocycles. The van der Waals surface area contributed by atoms with Gasteiger partial charge < -0.3 is 5.73 Å². The molecule has 1 aliphatic rings. The minimum Gasteiger partial charge on any atom is -0.387 e. The van der Waals surface area contributed by atoms with Gasteiger partial charge in [0.05, 0.1) is 5.84 Å². The summed E-state index contributed by atoms with van der Waals surface area (Å²) in [6, 6.07) is 0. The molecule has 3 unspecified atom stereocenters. The van der Waals surface area contributed by atoms with Crippen LogP contribution in [0.15, 0.2) is 0 Å². The minimum atomic E-state index is 0.351. The van der Waals surface area contributed by atoms with Gasteiger partial charge in [-0.1, -0.05) is 27.2 Å². The highest BCUT2D eigenvalue weighted by Gasteiger charge is 2.32. The molecule has 2 heteroatoms. The summed E-state index contributed by atoms with van der Waals surface area (Å²) in [5, 5.41) is 7.58. The number of hydrogen-bond acceptors (Lipinski definition) is 1. The van der Waals surface area contributed by atoms with Crippen molar-refractivity contribution in [3.05, 3.63) is 0 Å². The fourth-order valence-electron chi connectivity index (χ4n) is 2.56. The Kier molecular flexibility index (Phi) is 3.34. The fraction of sp³-hybridized carbons (Fsp3) is 0.909. The van der Waals surface area contributed by atoms with Gasteiger partial charge in [0.25, 0.3) is 0 Å². The largest absolute Gasteiger partial charge is 0.387 e. The summed E-state index contributed by atoms with van der Waals surface area (Å²) in [5.41, 5.74) is 5.64. The van der Waals surface area contributed by atoms with Gasteiger partial charge in [-0.15, -0.1) is 0 Å². The molecule has 0 aromatic heterocycles. The van der Waals surface area contributed by atoms with Crippen LogP contribution in [0.4, 0.5) is 0 Å². The summed E-state index contributed by atoms with van der Waals surface area (Å²) in [7, 11) is 0. The molecule has 1 aliphatic carbocycles. The first-order chi connectivity index (χ1) is 6.02. The molecule has 2 nitrogen and oxygen atoms in total. The van der Waals surface area contributed by atoms with Gasteiger partial charge in [0, 0.05) is 5.92 Å². The summed E-state index contributed by atoms with van der Waals surface area (Å²) in [5.74, 6) is 2.83. The smallest absolute Gasteiger partial charge is 0.0939 e. The Morgan fingerprint density at radius 1 is 1.38 bits per heavy atom. The second-order valence-electron chi connectivity index (χ2n) is 4.89. The normalized spacial score (nSPS) is 34.9. The zero-order chi connectivity index (χ0) is 10.0. The predicted octanol–water partition coefficient (Wildman–Crippen LogP) is 2.63. The Hall–Kier alpha value is -0.530. The van der Waals surface area contributed by atoms with Crippen LogP contribution in [0.5, 0.6) is 0 Å². The van der Waals surface area contributed by atoms with Gasteiger partial charge in [-0.25, -0.2) is 0 Å². The molecule has 0 amide bonds. The first-order valence-electron chi connectivity index (χ1n) is 5.36. The average Bonchev–Trinajstić information content (AvgIpc) is 2.03. The zero-order valence-corrected chi connectivity index (χ0v) is 9.01. The molecule has 1 rings (SSSR count). The van der Waals surface area contributed by atoms with Crippen molar-refractivity contribution >= 4 is 5.84 Å². The molecule has 0 radical (unpaired) electrons. The first-order valence-corrected chi connectivity index (χ1v) is 5.36. The van der Waals surface area contributed by atoms with Crippen LogP contribution < -0.4 is 5.73 Å². The second-order valence-corrected chi connectivity index (χ2v) is 4.89. The Balaban J connectivity index is 2.66. The van der Waals surface area contributed by atoms with Gasteiger partial charge in [0.1, 0.15) is 0 Å². The van der Waals surface area contributed by atoms with Gasteiger partial charge in [-0.2, -0.15) is 0 Å². The van der Waals surface area contributed by atoms with Crippen molar-refractivity contribution < 1.29 is 0 Å². The van der Waals surface area contributed by atoms with Crippen LogP contribution in [0.2, 0.25) is 0 Å². The van der Waals surface area contributed by atoms with Crippen molar-refractivity contribution in [1.29, 1.82) is 5.41 Å². The van der Waals surface area contributed by atoms with E-state index in [0.717, 1.165) is 12.3 Å². The fourth-order valence-corrected chi connectivity index (χ4v) is 2.56. The maximum Gasteiger partial charge on any atom is 0.0939 e. The molecule has 76 valence electrons. The van der Waals surface area contributed by atoms with E-state index in [1.165, 1.54) is 12.8 Å². The highest BCUT2D eigenvalue weighted by molar-refractivity contribution is 5.80. The van der Waals surface area contributed by atoms with Crippen LogP contribution in [0.25, 0.3) is 0 Å². The lowest BCUT2D eigenvalue weighted by atomic mass is 9.70. The van der Waals surface area contributed by atoms with Crippen molar-refractivity contribution in [2.75, 3.05) is 0 Å². The van der Waals surface area contributed by atoms with Gasteiger partial charge in [-0.05, 0) is 30.6 Å². The van der Waals surface area contributed by atoms with Crippen LogP contribution in [0.3, 0.4) is 0 Å². The van der Waals surface area contributed by atoms with Crippen molar-refractivity contribution in [1.82, 2.24) is 0 Å². The number of hydrogen-bond donors (Lipinski definition) is 2. The quantitative estimate of drug-likeness (QED) is 0.500. The van der Waals surface area contributed by atoms with E-state index in [1.807, 2.05) is 0 Å². The molecule has 0 saturated heterocycles. The maximum absolute atomic E-state index is 7.58. The van der Waals surface area contributed by atoms with Gasteiger partial charge in [-0.3, -0.25) is 5.41 Å². The molecule has 0 aromatic rings. The summed E-state index contributed by atoms with van der Waals surface area (Å²) in [4.78, 5) is 0. The van der Waals surface area contributed by atoms with Crippen molar-refractivity contribution in [2.24, 2.45) is 29.4 Å². The number of amidine groups is 1. The molecular formula is C11H22N2. The lowest BCUT2D eigenvalue weighted by Gasteiger charge is -2.36. The topological polar surface area (TPSA) is 49.9 Å². The third-order valence-corrected chi connectivity index (χ3v) is 3.42. The van der Waals surface area contributed by atoms with Crippen molar-refractivity contribution in [3.8, 4) is 0 Å². The molecule has 1 saturated carbocycles. The summed E-state index contributed by atoms with van der Waals surface area (Å²) >= 11 is 0. The van der Waals surface area contributed by atoms with E-state index in [2.05, 4.69) is 20.8 Å². The van der Waals surface area contributed by atoms with Gasteiger partial charge >= 0.3 is 0 Å². The van der Waals surface area contributed by atoms with Crippen LogP contribution in [0, 0.1) is 29.1 Å². The third-order valence-electron chi connectivity index (χ3n) is 3.42.